The van der Waals surface area contributed by atoms with Crippen LogP contribution in [0.25, 0.3) is 11.1 Å². The number of benzene rings is 2. The van der Waals surface area contributed by atoms with Crippen molar-refractivity contribution >= 4 is 10.1 Å². The van der Waals surface area contributed by atoms with Crippen LogP contribution in [0, 0.1) is 5.92 Å². The van der Waals surface area contributed by atoms with E-state index in [1.807, 2.05) is 6.07 Å². The SMILES string of the molecule is CC1C2CCC1c1c(-c3ccc(O)c4c3C3CCC4C3)ccc(OS(=O)(=O)C(F)(F)F)c12. The van der Waals surface area contributed by atoms with Crippen molar-refractivity contribution in [2.24, 2.45) is 5.92 Å². The third-order valence-electron chi connectivity index (χ3n) is 8.33. The van der Waals surface area contributed by atoms with Gasteiger partial charge in [-0.1, -0.05) is 19.1 Å². The molecule has 0 radical (unpaired) electrons. The molecule has 0 aromatic heterocycles. The van der Waals surface area contributed by atoms with E-state index in [0.717, 1.165) is 59.9 Å². The van der Waals surface area contributed by atoms with Gasteiger partial charge in [0.15, 0.2) is 0 Å². The number of phenolic OH excluding ortho intramolecular Hbond substituents is 1. The van der Waals surface area contributed by atoms with Gasteiger partial charge < -0.3 is 9.29 Å². The van der Waals surface area contributed by atoms with Gasteiger partial charge in [0, 0.05) is 11.1 Å². The minimum Gasteiger partial charge on any atom is -0.508 e. The molecule has 8 heteroatoms. The third kappa shape index (κ3) is 2.59. The maximum Gasteiger partial charge on any atom is 0.534 e. The highest BCUT2D eigenvalue weighted by molar-refractivity contribution is 7.88. The van der Waals surface area contributed by atoms with Gasteiger partial charge in [0.05, 0.1) is 0 Å². The molecular formula is C24H23F3O4S. The van der Waals surface area contributed by atoms with Crippen molar-refractivity contribution in [1.29, 1.82) is 0 Å². The van der Waals surface area contributed by atoms with Crippen LogP contribution in [0.2, 0.25) is 0 Å². The van der Waals surface area contributed by atoms with Crippen LogP contribution in [0.1, 0.15) is 85.0 Å². The van der Waals surface area contributed by atoms with Crippen molar-refractivity contribution in [3.05, 3.63) is 46.5 Å². The number of aromatic hydroxyl groups is 1. The molecule has 0 saturated heterocycles. The van der Waals surface area contributed by atoms with E-state index in [4.69, 9.17) is 0 Å². The molecule has 2 aromatic rings. The average molecular weight is 465 g/mol. The monoisotopic (exact) mass is 464 g/mol. The predicted molar refractivity (Wildman–Crippen MR) is 112 cm³/mol. The fourth-order valence-corrected chi connectivity index (χ4v) is 7.56. The zero-order valence-corrected chi connectivity index (χ0v) is 18.3. The molecule has 32 heavy (non-hydrogen) atoms. The number of fused-ring (bicyclic) bond motifs is 10. The Hall–Kier alpha value is -2.22. The Morgan fingerprint density at radius 3 is 2.16 bits per heavy atom. The highest BCUT2D eigenvalue weighted by Crippen LogP contribution is 2.64. The Morgan fingerprint density at radius 2 is 1.47 bits per heavy atom. The summed E-state index contributed by atoms with van der Waals surface area (Å²) < 4.78 is 67.3. The first-order valence-electron chi connectivity index (χ1n) is 11.1. The van der Waals surface area contributed by atoms with Crippen LogP contribution in [0.4, 0.5) is 13.2 Å². The summed E-state index contributed by atoms with van der Waals surface area (Å²) in [5.74, 6) is 1.21. The second-order valence-electron chi connectivity index (χ2n) is 9.74. The van der Waals surface area contributed by atoms with Crippen LogP contribution < -0.4 is 4.18 Å². The Bertz CT molecular complexity index is 1250. The fourth-order valence-electron chi connectivity index (χ4n) is 7.09. The van der Waals surface area contributed by atoms with E-state index in [1.54, 1.807) is 12.1 Å². The zero-order valence-electron chi connectivity index (χ0n) is 17.4. The van der Waals surface area contributed by atoms with E-state index in [1.165, 1.54) is 6.07 Å². The molecule has 4 bridgehead atoms. The molecule has 2 saturated carbocycles. The highest BCUT2D eigenvalue weighted by atomic mass is 32.2. The number of alkyl halides is 3. The minimum absolute atomic E-state index is 0.0185. The quantitative estimate of drug-likeness (QED) is 0.430. The molecule has 0 spiro atoms. The van der Waals surface area contributed by atoms with Gasteiger partial charge in [-0.3, -0.25) is 0 Å². The van der Waals surface area contributed by atoms with E-state index in [0.29, 0.717) is 23.1 Å². The molecule has 4 nitrogen and oxygen atoms in total. The summed E-state index contributed by atoms with van der Waals surface area (Å²) in [4.78, 5) is 0. The van der Waals surface area contributed by atoms with Crippen LogP contribution in [0.3, 0.4) is 0 Å². The number of hydrogen-bond donors (Lipinski definition) is 1. The lowest BCUT2D eigenvalue weighted by molar-refractivity contribution is -0.0500. The number of hydrogen-bond acceptors (Lipinski definition) is 4. The summed E-state index contributed by atoms with van der Waals surface area (Å²) in [7, 11) is -5.74. The van der Waals surface area contributed by atoms with Crippen molar-refractivity contribution in [2.45, 2.75) is 68.2 Å². The lowest BCUT2D eigenvalue weighted by Gasteiger charge is -2.26. The van der Waals surface area contributed by atoms with Gasteiger partial charge in [0.2, 0.25) is 0 Å². The van der Waals surface area contributed by atoms with E-state index in [-0.39, 0.29) is 23.5 Å². The second-order valence-corrected chi connectivity index (χ2v) is 11.3. The van der Waals surface area contributed by atoms with Crippen molar-refractivity contribution in [3.8, 4) is 22.6 Å². The number of halogens is 3. The van der Waals surface area contributed by atoms with Crippen molar-refractivity contribution < 1.29 is 30.9 Å². The van der Waals surface area contributed by atoms with Crippen LogP contribution >= 0.6 is 0 Å². The fraction of sp³-hybridized carbons (Fsp3) is 0.500. The van der Waals surface area contributed by atoms with Crippen LogP contribution in [0.5, 0.6) is 11.5 Å². The van der Waals surface area contributed by atoms with Gasteiger partial charge in [0.25, 0.3) is 0 Å². The van der Waals surface area contributed by atoms with Gasteiger partial charge in [-0.05, 0) is 96.1 Å². The maximum atomic E-state index is 13.0. The van der Waals surface area contributed by atoms with Crippen LogP contribution in [-0.2, 0) is 10.1 Å². The van der Waals surface area contributed by atoms with E-state index in [9.17, 15) is 26.7 Å². The summed E-state index contributed by atoms with van der Waals surface area (Å²) >= 11 is 0. The standard InChI is InChI=1S/C24H23F3O4S/c1-11-14-4-5-15(11)23-19(31-32(29,30)24(25,26)27)9-7-17(22(14)23)16-6-8-18(28)21-13-3-2-12(10-13)20(16)21/h6-9,11-15,28H,2-5,10H2,1H3. The van der Waals surface area contributed by atoms with Crippen molar-refractivity contribution in [3.63, 3.8) is 0 Å². The van der Waals surface area contributed by atoms with Crippen LogP contribution in [0.15, 0.2) is 24.3 Å². The molecule has 5 atom stereocenters. The van der Waals surface area contributed by atoms with E-state index in [2.05, 4.69) is 11.1 Å². The van der Waals surface area contributed by atoms with E-state index < -0.39 is 15.6 Å². The average Bonchev–Trinajstić information content (AvgIpc) is 3.48. The molecular weight excluding hydrogens is 441 g/mol. The smallest absolute Gasteiger partial charge is 0.508 e. The summed E-state index contributed by atoms with van der Waals surface area (Å²) in [5, 5.41) is 10.5. The molecule has 1 N–H and O–H groups in total. The largest absolute Gasteiger partial charge is 0.534 e. The van der Waals surface area contributed by atoms with Crippen molar-refractivity contribution in [1.82, 2.24) is 0 Å². The summed E-state index contributed by atoms with van der Waals surface area (Å²) in [6.07, 6.45) is 4.90. The molecule has 4 aliphatic carbocycles. The zero-order chi connectivity index (χ0) is 22.6. The Morgan fingerprint density at radius 1 is 0.875 bits per heavy atom. The summed E-state index contributed by atoms with van der Waals surface area (Å²) in [6, 6.07) is 6.73. The molecule has 2 aromatic carbocycles. The molecule has 4 aliphatic rings. The lowest BCUT2D eigenvalue weighted by Crippen LogP contribution is -2.28. The third-order valence-corrected chi connectivity index (χ3v) is 9.30. The van der Waals surface area contributed by atoms with Gasteiger partial charge in [-0.25, -0.2) is 0 Å². The molecule has 5 unspecified atom stereocenters. The molecule has 0 heterocycles. The first-order chi connectivity index (χ1) is 15.1. The first kappa shape index (κ1) is 20.4. The Kier molecular flexibility index (Phi) is 4.10. The molecule has 0 aliphatic heterocycles. The second kappa shape index (κ2) is 6.43. The Labute approximate surface area is 184 Å². The van der Waals surface area contributed by atoms with Gasteiger partial charge in [-0.2, -0.15) is 21.6 Å². The molecule has 170 valence electrons. The van der Waals surface area contributed by atoms with Crippen LogP contribution in [-0.4, -0.2) is 19.0 Å². The first-order valence-corrected chi connectivity index (χ1v) is 12.5. The normalized spacial score (nSPS) is 29.9. The lowest BCUT2D eigenvalue weighted by atomic mass is 9.80. The maximum absolute atomic E-state index is 13.0. The molecule has 0 amide bonds. The molecule has 2 fully saturated rings. The molecule has 6 rings (SSSR count). The summed E-state index contributed by atoms with van der Waals surface area (Å²) in [6.45, 7) is 2.08. The highest BCUT2D eigenvalue weighted by Gasteiger charge is 2.51. The predicted octanol–water partition coefficient (Wildman–Crippen LogP) is 6.26. The Balaban J connectivity index is 1.55. The van der Waals surface area contributed by atoms with E-state index >= 15 is 0 Å². The van der Waals surface area contributed by atoms with Gasteiger partial charge in [-0.15, -0.1) is 0 Å². The topological polar surface area (TPSA) is 63.6 Å². The minimum atomic E-state index is -5.74. The summed E-state index contributed by atoms with van der Waals surface area (Å²) in [5.41, 5.74) is 0.215. The number of phenols is 1. The number of rotatable bonds is 3. The van der Waals surface area contributed by atoms with Crippen molar-refractivity contribution in [2.75, 3.05) is 0 Å². The van der Waals surface area contributed by atoms with Gasteiger partial charge >= 0.3 is 15.6 Å². The van der Waals surface area contributed by atoms with Gasteiger partial charge in [0.1, 0.15) is 11.5 Å².